The number of carbonyl (C=O) groups is 2. The highest BCUT2D eigenvalue weighted by Crippen LogP contribution is 2.31. The zero-order valence-electron chi connectivity index (χ0n) is 21.5. The lowest BCUT2D eigenvalue weighted by molar-refractivity contribution is 0.0911. The molecule has 5 rings (SSSR count). The summed E-state index contributed by atoms with van der Waals surface area (Å²) in [6, 6.07) is 19.1. The second-order valence-electron chi connectivity index (χ2n) is 9.81. The molecule has 38 heavy (non-hydrogen) atoms. The topological polar surface area (TPSA) is 103 Å². The SMILES string of the molecule is CNC(=O)c1ccc(Cc2cc3c(c(C(=O)N[C@@H](CO)Cc4c[nH]c5ccccc45)c2)OCCCC3)cc1. The second kappa shape index (κ2) is 11.5. The molecule has 0 saturated carbocycles. The van der Waals surface area contributed by atoms with E-state index in [-0.39, 0.29) is 18.4 Å². The summed E-state index contributed by atoms with van der Waals surface area (Å²) in [5.74, 6) is 0.269. The van der Waals surface area contributed by atoms with E-state index < -0.39 is 6.04 Å². The molecule has 1 aliphatic heterocycles. The molecule has 0 unspecified atom stereocenters. The summed E-state index contributed by atoms with van der Waals surface area (Å²) in [6.45, 7) is 0.401. The van der Waals surface area contributed by atoms with Crippen molar-refractivity contribution in [3.63, 3.8) is 0 Å². The van der Waals surface area contributed by atoms with Crippen LogP contribution in [0.15, 0.2) is 66.9 Å². The van der Waals surface area contributed by atoms with Gasteiger partial charge in [0, 0.05) is 29.7 Å². The molecule has 1 aromatic heterocycles. The van der Waals surface area contributed by atoms with Crippen LogP contribution in [0.3, 0.4) is 0 Å². The molecule has 7 nitrogen and oxygen atoms in total. The van der Waals surface area contributed by atoms with E-state index >= 15 is 0 Å². The van der Waals surface area contributed by atoms with Gasteiger partial charge >= 0.3 is 0 Å². The highest BCUT2D eigenvalue weighted by atomic mass is 16.5. The number of para-hydroxylation sites is 1. The van der Waals surface area contributed by atoms with Gasteiger partial charge in [-0.15, -0.1) is 0 Å². The number of rotatable bonds is 8. The van der Waals surface area contributed by atoms with Crippen LogP contribution in [-0.4, -0.2) is 48.2 Å². The van der Waals surface area contributed by atoms with E-state index in [4.69, 9.17) is 4.74 Å². The first kappa shape index (κ1) is 25.5. The second-order valence-corrected chi connectivity index (χ2v) is 9.81. The third kappa shape index (κ3) is 5.58. The Morgan fingerprint density at radius 3 is 2.63 bits per heavy atom. The van der Waals surface area contributed by atoms with Crippen molar-refractivity contribution >= 4 is 22.7 Å². The standard InChI is InChI=1S/C31H33N3O4/c1-32-30(36)22-11-9-20(10-12-22)14-21-15-23-6-4-5-13-38-29(23)27(16-21)31(37)34-25(19-35)17-24-18-33-28-8-3-2-7-26(24)28/h2-3,7-12,15-16,18,25,33,35H,4-6,13-14,17,19H2,1H3,(H,32,36)(H,34,37)/t25-/m1/s1. The Morgan fingerprint density at radius 1 is 1.03 bits per heavy atom. The van der Waals surface area contributed by atoms with Crippen LogP contribution in [0.5, 0.6) is 5.75 Å². The molecule has 7 heteroatoms. The van der Waals surface area contributed by atoms with E-state index in [1.54, 1.807) is 7.05 Å². The lowest BCUT2D eigenvalue weighted by Gasteiger charge is -2.19. The maximum absolute atomic E-state index is 13.6. The number of fused-ring (bicyclic) bond motifs is 2. The number of H-pyrrole nitrogens is 1. The van der Waals surface area contributed by atoms with Crippen LogP contribution in [0, 0.1) is 0 Å². The number of amides is 2. The number of hydrogen-bond acceptors (Lipinski definition) is 4. The van der Waals surface area contributed by atoms with Crippen molar-refractivity contribution in [1.82, 2.24) is 15.6 Å². The van der Waals surface area contributed by atoms with E-state index in [1.165, 1.54) is 0 Å². The van der Waals surface area contributed by atoms with Crippen molar-refractivity contribution in [3.05, 3.63) is 100 Å². The number of aromatic amines is 1. The molecule has 0 radical (unpaired) electrons. The van der Waals surface area contributed by atoms with Crippen LogP contribution in [0.2, 0.25) is 0 Å². The fourth-order valence-corrected chi connectivity index (χ4v) is 5.12. The van der Waals surface area contributed by atoms with E-state index in [0.29, 0.717) is 36.3 Å². The minimum atomic E-state index is -0.441. The van der Waals surface area contributed by atoms with Gasteiger partial charge in [-0.05, 0) is 78.6 Å². The third-order valence-corrected chi connectivity index (χ3v) is 7.11. The van der Waals surface area contributed by atoms with Gasteiger partial charge in [-0.2, -0.15) is 0 Å². The molecular weight excluding hydrogens is 478 g/mol. The van der Waals surface area contributed by atoms with Crippen LogP contribution >= 0.6 is 0 Å². The largest absolute Gasteiger partial charge is 0.492 e. The van der Waals surface area contributed by atoms with Crippen LogP contribution in [-0.2, 0) is 19.3 Å². The molecule has 196 valence electrons. The first-order valence-electron chi connectivity index (χ1n) is 13.1. The van der Waals surface area contributed by atoms with Crippen LogP contribution < -0.4 is 15.4 Å². The summed E-state index contributed by atoms with van der Waals surface area (Å²) in [5.41, 5.74) is 6.26. The van der Waals surface area contributed by atoms with E-state index in [9.17, 15) is 14.7 Å². The molecule has 4 aromatic rings. The molecule has 2 amide bonds. The number of benzene rings is 3. The lowest BCUT2D eigenvalue weighted by Crippen LogP contribution is -2.39. The molecule has 0 bridgehead atoms. The van der Waals surface area contributed by atoms with Crippen LogP contribution in [0.1, 0.15) is 55.8 Å². The predicted octanol–water partition coefficient (Wildman–Crippen LogP) is 4.17. The number of aryl methyl sites for hydroxylation is 1. The van der Waals surface area contributed by atoms with E-state index in [1.807, 2.05) is 60.8 Å². The number of aromatic nitrogens is 1. The van der Waals surface area contributed by atoms with Crippen molar-refractivity contribution in [2.24, 2.45) is 0 Å². The van der Waals surface area contributed by atoms with Gasteiger partial charge in [0.25, 0.3) is 11.8 Å². The highest BCUT2D eigenvalue weighted by Gasteiger charge is 2.23. The van der Waals surface area contributed by atoms with Gasteiger partial charge in [0.05, 0.1) is 24.8 Å². The molecule has 2 heterocycles. The average Bonchev–Trinajstić information content (AvgIpc) is 3.19. The van der Waals surface area contributed by atoms with Crippen LogP contribution in [0.4, 0.5) is 0 Å². The van der Waals surface area contributed by atoms with Gasteiger partial charge in [0.1, 0.15) is 5.75 Å². The number of aliphatic hydroxyl groups is 1. The van der Waals surface area contributed by atoms with Gasteiger partial charge in [-0.3, -0.25) is 9.59 Å². The van der Waals surface area contributed by atoms with E-state index in [0.717, 1.165) is 52.4 Å². The Morgan fingerprint density at radius 2 is 1.84 bits per heavy atom. The van der Waals surface area contributed by atoms with Crippen molar-refractivity contribution in [3.8, 4) is 5.75 Å². The maximum Gasteiger partial charge on any atom is 0.255 e. The smallest absolute Gasteiger partial charge is 0.255 e. The van der Waals surface area contributed by atoms with Gasteiger partial charge in [0.15, 0.2) is 0 Å². The summed E-state index contributed by atoms with van der Waals surface area (Å²) in [7, 11) is 1.61. The average molecular weight is 512 g/mol. The molecular formula is C31H33N3O4. The zero-order valence-corrected chi connectivity index (χ0v) is 21.5. The fourth-order valence-electron chi connectivity index (χ4n) is 5.12. The van der Waals surface area contributed by atoms with Gasteiger partial charge in [-0.1, -0.05) is 36.4 Å². The molecule has 3 aromatic carbocycles. The molecule has 0 fully saturated rings. The molecule has 1 aliphatic rings. The molecule has 0 saturated heterocycles. The number of aliphatic hydroxyl groups excluding tert-OH is 1. The molecule has 0 spiro atoms. The Bertz CT molecular complexity index is 1440. The fraction of sp³-hybridized carbons (Fsp3) is 0.290. The molecule has 1 atom stereocenters. The predicted molar refractivity (Wildman–Crippen MR) is 148 cm³/mol. The summed E-state index contributed by atoms with van der Waals surface area (Å²) in [4.78, 5) is 28.7. The summed E-state index contributed by atoms with van der Waals surface area (Å²) >= 11 is 0. The normalized spacial score (nSPS) is 13.7. The van der Waals surface area contributed by atoms with Crippen molar-refractivity contribution in [2.45, 2.75) is 38.1 Å². The Kier molecular flexibility index (Phi) is 7.75. The highest BCUT2D eigenvalue weighted by molar-refractivity contribution is 5.98. The third-order valence-electron chi connectivity index (χ3n) is 7.11. The van der Waals surface area contributed by atoms with Gasteiger partial charge < -0.3 is 25.5 Å². The minimum absolute atomic E-state index is 0.122. The van der Waals surface area contributed by atoms with E-state index in [2.05, 4.69) is 21.7 Å². The Hall–Kier alpha value is -4.10. The van der Waals surface area contributed by atoms with Crippen molar-refractivity contribution in [2.75, 3.05) is 20.3 Å². The zero-order chi connectivity index (χ0) is 26.5. The monoisotopic (exact) mass is 511 g/mol. The maximum atomic E-state index is 13.6. The number of hydrogen-bond donors (Lipinski definition) is 4. The Labute approximate surface area is 222 Å². The minimum Gasteiger partial charge on any atom is -0.492 e. The van der Waals surface area contributed by atoms with Gasteiger partial charge in [0.2, 0.25) is 0 Å². The lowest BCUT2D eigenvalue weighted by atomic mass is 9.95. The summed E-state index contributed by atoms with van der Waals surface area (Å²) in [6.07, 6.45) is 5.85. The quantitative estimate of drug-likeness (QED) is 0.285. The first-order chi connectivity index (χ1) is 18.6. The Balaban J connectivity index is 1.39. The number of nitrogens with one attached hydrogen (secondary N) is 3. The van der Waals surface area contributed by atoms with Gasteiger partial charge in [-0.25, -0.2) is 0 Å². The molecule has 0 aliphatic carbocycles. The number of carbonyl (C=O) groups excluding carboxylic acids is 2. The molecule has 4 N–H and O–H groups in total. The van der Waals surface area contributed by atoms with Crippen molar-refractivity contribution in [1.29, 1.82) is 0 Å². The van der Waals surface area contributed by atoms with Crippen molar-refractivity contribution < 1.29 is 19.4 Å². The summed E-state index contributed by atoms with van der Waals surface area (Å²) in [5, 5.41) is 16.9. The summed E-state index contributed by atoms with van der Waals surface area (Å²) < 4.78 is 6.07. The first-order valence-corrected chi connectivity index (χ1v) is 13.1. The van der Waals surface area contributed by atoms with Crippen LogP contribution in [0.25, 0.3) is 10.9 Å². The number of ether oxygens (including phenoxy) is 1.